The first kappa shape index (κ1) is 12.9. The topological polar surface area (TPSA) is 38.5 Å². The Morgan fingerprint density at radius 1 is 1.40 bits per heavy atom. The van der Waals surface area contributed by atoms with Crippen molar-refractivity contribution in [2.24, 2.45) is 11.7 Å². The summed E-state index contributed by atoms with van der Waals surface area (Å²) in [5.74, 6) is 0.630. The number of hydrogen-bond acceptors (Lipinski definition) is 3. The Balaban J connectivity index is 2.23. The van der Waals surface area contributed by atoms with E-state index in [1.54, 1.807) is 0 Å². The predicted molar refractivity (Wildman–Crippen MR) is 63.9 cm³/mol. The molecular weight excluding hydrogens is 188 g/mol. The summed E-state index contributed by atoms with van der Waals surface area (Å²) in [4.78, 5) is 2.48. The van der Waals surface area contributed by atoms with E-state index in [-0.39, 0.29) is 0 Å². The maximum absolute atomic E-state index is 6.15. The molecule has 15 heavy (non-hydrogen) atoms. The third-order valence-corrected chi connectivity index (χ3v) is 3.71. The lowest BCUT2D eigenvalue weighted by Crippen LogP contribution is -2.45. The molecule has 1 saturated heterocycles. The minimum absolute atomic E-state index is 0.328. The molecule has 1 aliphatic rings. The van der Waals surface area contributed by atoms with E-state index in [1.807, 2.05) is 7.11 Å². The number of nitrogens with zero attached hydrogens (tertiary/aromatic N) is 1. The molecule has 1 aliphatic heterocycles. The van der Waals surface area contributed by atoms with Crippen LogP contribution in [0, 0.1) is 5.92 Å². The van der Waals surface area contributed by atoms with Gasteiger partial charge in [0.05, 0.1) is 6.10 Å². The number of likely N-dealkylation sites (tertiary alicyclic amines) is 1. The summed E-state index contributed by atoms with van der Waals surface area (Å²) >= 11 is 0. The van der Waals surface area contributed by atoms with Crippen molar-refractivity contribution in [3.8, 4) is 0 Å². The second-order valence-corrected chi connectivity index (χ2v) is 4.79. The summed E-state index contributed by atoms with van der Waals surface area (Å²) in [5, 5.41) is 0. The summed E-state index contributed by atoms with van der Waals surface area (Å²) in [5.41, 5.74) is 6.15. The molecule has 2 N–H and O–H groups in total. The number of ether oxygens (including phenoxy) is 1. The van der Waals surface area contributed by atoms with Crippen LogP contribution in [0.4, 0.5) is 0 Å². The van der Waals surface area contributed by atoms with Gasteiger partial charge in [-0.3, -0.25) is 0 Å². The fourth-order valence-corrected chi connectivity index (χ4v) is 2.11. The Kier molecular flexibility index (Phi) is 5.58. The lowest BCUT2D eigenvalue weighted by Gasteiger charge is -2.34. The van der Waals surface area contributed by atoms with Crippen molar-refractivity contribution in [2.45, 2.75) is 45.3 Å². The number of piperidine rings is 1. The molecule has 0 amide bonds. The van der Waals surface area contributed by atoms with E-state index in [0.29, 0.717) is 18.1 Å². The molecule has 0 aromatic carbocycles. The van der Waals surface area contributed by atoms with Crippen molar-refractivity contribution in [1.82, 2.24) is 4.90 Å². The number of nitrogens with two attached hydrogens (primary N) is 1. The van der Waals surface area contributed by atoms with Gasteiger partial charge in [0.1, 0.15) is 0 Å². The van der Waals surface area contributed by atoms with Gasteiger partial charge in [-0.2, -0.15) is 0 Å². The molecule has 0 radical (unpaired) electrons. The predicted octanol–water partition coefficient (Wildman–Crippen LogP) is 1.47. The number of rotatable bonds is 5. The highest BCUT2D eigenvalue weighted by molar-refractivity contribution is 4.78. The van der Waals surface area contributed by atoms with Gasteiger partial charge >= 0.3 is 0 Å². The highest BCUT2D eigenvalue weighted by Gasteiger charge is 2.21. The Bertz CT molecular complexity index is 167. The van der Waals surface area contributed by atoms with Crippen molar-refractivity contribution in [2.75, 3.05) is 26.7 Å². The van der Waals surface area contributed by atoms with E-state index in [0.717, 1.165) is 32.5 Å². The molecule has 0 aromatic heterocycles. The smallest absolute Gasteiger partial charge is 0.0595 e. The van der Waals surface area contributed by atoms with Gasteiger partial charge in [0.25, 0.3) is 0 Å². The van der Waals surface area contributed by atoms with E-state index in [2.05, 4.69) is 18.7 Å². The molecule has 1 rings (SSSR count). The van der Waals surface area contributed by atoms with Crippen molar-refractivity contribution in [1.29, 1.82) is 0 Å². The number of methoxy groups -OCH3 is 1. The van der Waals surface area contributed by atoms with Gasteiger partial charge in [0.15, 0.2) is 0 Å². The van der Waals surface area contributed by atoms with Crippen LogP contribution >= 0.6 is 0 Å². The second kappa shape index (κ2) is 6.46. The average molecular weight is 214 g/mol. The Morgan fingerprint density at radius 3 is 2.47 bits per heavy atom. The SMILES string of the molecule is CCC(C)C(N)CN1CCC(OC)CC1. The average Bonchev–Trinajstić information content (AvgIpc) is 2.29. The van der Waals surface area contributed by atoms with Crippen molar-refractivity contribution < 1.29 is 4.74 Å². The lowest BCUT2D eigenvalue weighted by molar-refractivity contribution is 0.0379. The van der Waals surface area contributed by atoms with Crippen molar-refractivity contribution in [3.63, 3.8) is 0 Å². The highest BCUT2D eigenvalue weighted by atomic mass is 16.5. The first-order valence-corrected chi connectivity index (χ1v) is 6.18. The van der Waals surface area contributed by atoms with Crippen LogP contribution in [-0.2, 0) is 4.74 Å². The van der Waals surface area contributed by atoms with Crippen LogP contribution < -0.4 is 5.73 Å². The van der Waals surface area contributed by atoms with Gasteiger partial charge in [-0.05, 0) is 18.8 Å². The quantitative estimate of drug-likeness (QED) is 0.753. The molecular formula is C12H26N2O. The fourth-order valence-electron chi connectivity index (χ4n) is 2.11. The lowest BCUT2D eigenvalue weighted by atomic mass is 9.98. The molecule has 1 fully saturated rings. The molecule has 90 valence electrons. The molecule has 2 unspecified atom stereocenters. The third-order valence-electron chi connectivity index (χ3n) is 3.71. The molecule has 0 spiro atoms. The summed E-state index contributed by atoms with van der Waals surface area (Å²) in [6.07, 6.45) is 3.96. The van der Waals surface area contributed by atoms with Crippen LogP contribution in [0.5, 0.6) is 0 Å². The first-order chi connectivity index (χ1) is 7.17. The van der Waals surface area contributed by atoms with E-state index in [9.17, 15) is 0 Å². The molecule has 1 heterocycles. The van der Waals surface area contributed by atoms with Crippen LogP contribution in [0.3, 0.4) is 0 Å². The summed E-state index contributed by atoms with van der Waals surface area (Å²) in [7, 11) is 1.81. The minimum Gasteiger partial charge on any atom is -0.381 e. The number of hydrogen-bond donors (Lipinski definition) is 1. The van der Waals surface area contributed by atoms with E-state index < -0.39 is 0 Å². The maximum Gasteiger partial charge on any atom is 0.0595 e. The fraction of sp³-hybridized carbons (Fsp3) is 1.00. The van der Waals surface area contributed by atoms with E-state index in [4.69, 9.17) is 10.5 Å². The van der Waals surface area contributed by atoms with Crippen molar-refractivity contribution >= 4 is 0 Å². The van der Waals surface area contributed by atoms with Crippen LogP contribution in [0.1, 0.15) is 33.1 Å². The molecule has 3 heteroatoms. The molecule has 3 nitrogen and oxygen atoms in total. The van der Waals surface area contributed by atoms with Crippen LogP contribution in [-0.4, -0.2) is 43.8 Å². The Labute approximate surface area is 94.0 Å². The van der Waals surface area contributed by atoms with Gasteiger partial charge in [-0.1, -0.05) is 20.3 Å². The monoisotopic (exact) mass is 214 g/mol. The molecule has 0 aromatic rings. The summed E-state index contributed by atoms with van der Waals surface area (Å²) < 4.78 is 5.36. The Hall–Kier alpha value is -0.120. The molecule has 0 bridgehead atoms. The standard InChI is InChI=1S/C12H26N2O/c1-4-10(2)12(13)9-14-7-5-11(15-3)6-8-14/h10-12H,4-9,13H2,1-3H3. The van der Waals surface area contributed by atoms with E-state index in [1.165, 1.54) is 6.42 Å². The van der Waals surface area contributed by atoms with E-state index >= 15 is 0 Å². The maximum atomic E-state index is 6.15. The summed E-state index contributed by atoms with van der Waals surface area (Å²) in [6.45, 7) is 7.78. The van der Waals surface area contributed by atoms with Gasteiger partial charge in [0, 0.05) is 32.8 Å². The third kappa shape index (κ3) is 4.09. The van der Waals surface area contributed by atoms with Crippen LogP contribution in [0.2, 0.25) is 0 Å². The zero-order valence-corrected chi connectivity index (χ0v) is 10.4. The molecule has 0 aliphatic carbocycles. The minimum atomic E-state index is 0.328. The van der Waals surface area contributed by atoms with Gasteiger partial charge < -0.3 is 15.4 Å². The van der Waals surface area contributed by atoms with Crippen LogP contribution in [0.15, 0.2) is 0 Å². The largest absolute Gasteiger partial charge is 0.381 e. The molecule has 2 atom stereocenters. The van der Waals surface area contributed by atoms with Crippen molar-refractivity contribution in [3.05, 3.63) is 0 Å². The van der Waals surface area contributed by atoms with Crippen LogP contribution in [0.25, 0.3) is 0 Å². The zero-order chi connectivity index (χ0) is 11.3. The van der Waals surface area contributed by atoms with Gasteiger partial charge in [0.2, 0.25) is 0 Å². The van der Waals surface area contributed by atoms with Gasteiger partial charge in [-0.25, -0.2) is 0 Å². The zero-order valence-electron chi connectivity index (χ0n) is 10.4. The first-order valence-electron chi connectivity index (χ1n) is 6.18. The normalized spacial score (nSPS) is 24.0. The summed E-state index contributed by atoms with van der Waals surface area (Å²) in [6, 6.07) is 0.328. The highest BCUT2D eigenvalue weighted by Crippen LogP contribution is 2.14. The second-order valence-electron chi connectivity index (χ2n) is 4.79. The Morgan fingerprint density at radius 2 is 2.00 bits per heavy atom. The molecule has 0 saturated carbocycles. The van der Waals surface area contributed by atoms with Gasteiger partial charge in [-0.15, -0.1) is 0 Å².